The van der Waals surface area contributed by atoms with E-state index >= 15 is 0 Å². The van der Waals surface area contributed by atoms with Crippen molar-refractivity contribution >= 4 is 22.4 Å². The van der Waals surface area contributed by atoms with Crippen LogP contribution >= 0.6 is 11.3 Å². The SMILES string of the molecule is CCc1ccc(OCCc2nnc(NC(=O)CCCN)s2)cc1. The van der Waals surface area contributed by atoms with E-state index in [1.807, 2.05) is 12.1 Å². The summed E-state index contributed by atoms with van der Waals surface area (Å²) in [5.41, 5.74) is 6.66. The minimum absolute atomic E-state index is 0.0783. The number of nitrogens with zero attached hydrogens (tertiary/aromatic N) is 2. The first kappa shape index (κ1) is 17.4. The maximum atomic E-state index is 11.6. The monoisotopic (exact) mass is 334 g/mol. The molecule has 0 atom stereocenters. The van der Waals surface area contributed by atoms with Gasteiger partial charge in [-0.2, -0.15) is 0 Å². The van der Waals surface area contributed by atoms with Gasteiger partial charge in [-0.05, 0) is 37.1 Å². The van der Waals surface area contributed by atoms with Crippen LogP contribution in [-0.2, 0) is 17.6 Å². The molecule has 23 heavy (non-hydrogen) atoms. The lowest BCUT2D eigenvalue weighted by Gasteiger charge is -2.05. The molecule has 6 nitrogen and oxygen atoms in total. The number of nitrogens with two attached hydrogens (primary N) is 1. The first-order valence-electron chi connectivity index (χ1n) is 7.75. The number of hydrogen-bond acceptors (Lipinski definition) is 6. The molecule has 0 aliphatic rings. The molecule has 2 aromatic rings. The quantitative estimate of drug-likeness (QED) is 0.735. The molecule has 2 rings (SSSR count). The van der Waals surface area contributed by atoms with E-state index in [1.54, 1.807) is 0 Å². The zero-order chi connectivity index (χ0) is 16.5. The van der Waals surface area contributed by atoms with Crippen LogP contribution < -0.4 is 15.8 Å². The molecule has 124 valence electrons. The van der Waals surface area contributed by atoms with Crippen LogP contribution in [0, 0.1) is 0 Å². The largest absolute Gasteiger partial charge is 0.493 e. The van der Waals surface area contributed by atoms with Crippen LogP contribution in [-0.4, -0.2) is 29.3 Å². The van der Waals surface area contributed by atoms with Gasteiger partial charge in [-0.1, -0.05) is 30.4 Å². The van der Waals surface area contributed by atoms with Gasteiger partial charge in [0.05, 0.1) is 6.61 Å². The highest BCUT2D eigenvalue weighted by Gasteiger charge is 2.08. The smallest absolute Gasteiger partial charge is 0.226 e. The average molecular weight is 334 g/mol. The highest BCUT2D eigenvalue weighted by Crippen LogP contribution is 2.17. The Balaban J connectivity index is 1.74. The number of rotatable bonds is 9. The van der Waals surface area contributed by atoms with Crippen LogP contribution in [0.5, 0.6) is 5.75 Å². The van der Waals surface area contributed by atoms with Crippen LogP contribution in [0.25, 0.3) is 0 Å². The van der Waals surface area contributed by atoms with Gasteiger partial charge in [0, 0.05) is 12.8 Å². The van der Waals surface area contributed by atoms with Gasteiger partial charge in [-0.15, -0.1) is 10.2 Å². The molecule has 0 saturated heterocycles. The number of hydrogen-bond donors (Lipinski definition) is 2. The first-order valence-corrected chi connectivity index (χ1v) is 8.57. The Kier molecular flexibility index (Phi) is 6.96. The third-order valence-corrected chi connectivity index (χ3v) is 4.14. The second kappa shape index (κ2) is 9.22. The molecule has 1 aromatic heterocycles. The maximum Gasteiger partial charge on any atom is 0.226 e. The Labute approximate surface area is 140 Å². The lowest BCUT2D eigenvalue weighted by molar-refractivity contribution is -0.116. The number of nitrogens with one attached hydrogen (secondary N) is 1. The number of amides is 1. The van der Waals surface area contributed by atoms with Crippen molar-refractivity contribution in [2.24, 2.45) is 5.73 Å². The summed E-state index contributed by atoms with van der Waals surface area (Å²) in [6, 6.07) is 8.08. The Morgan fingerprint density at radius 2 is 2.09 bits per heavy atom. The Hall–Kier alpha value is -1.99. The summed E-state index contributed by atoms with van der Waals surface area (Å²) in [6.07, 6.45) is 2.75. The first-order chi connectivity index (χ1) is 11.2. The molecular formula is C16H22N4O2S. The topological polar surface area (TPSA) is 90.1 Å². The molecule has 3 N–H and O–H groups in total. The molecule has 0 radical (unpaired) electrons. The molecule has 0 unspecified atom stereocenters. The number of carbonyl (C=O) groups excluding carboxylic acids is 1. The number of benzene rings is 1. The second-order valence-corrected chi connectivity index (χ2v) is 6.10. The highest BCUT2D eigenvalue weighted by atomic mass is 32.1. The standard InChI is InChI=1S/C16H22N4O2S/c1-2-12-5-7-13(8-6-12)22-11-9-15-19-20-16(23-15)18-14(21)4-3-10-17/h5-8H,2-4,9-11,17H2,1H3,(H,18,20,21). The summed E-state index contributed by atoms with van der Waals surface area (Å²) in [4.78, 5) is 11.6. The molecule has 1 aromatic carbocycles. The molecule has 0 spiro atoms. The Bertz CT molecular complexity index is 613. The fraction of sp³-hybridized carbons (Fsp3) is 0.438. The van der Waals surface area contributed by atoms with Crippen molar-refractivity contribution in [1.29, 1.82) is 0 Å². The number of aryl methyl sites for hydroxylation is 1. The molecule has 0 fully saturated rings. The normalized spacial score (nSPS) is 10.5. The molecule has 0 bridgehead atoms. The zero-order valence-corrected chi connectivity index (χ0v) is 14.1. The van der Waals surface area contributed by atoms with E-state index in [4.69, 9.17) is 10.5 Å². The minimum Gasteiger partial charge on any atom is -0.493 e. The molecule has 0 aliphatic heterocycles. The third-order valence-electron chi connectivity index (χ3n) is 3.24. The predicted octanol–water partition coefficient (Wildman–Crippen LogP) is 2.40. The lowest BCUT2D eigenvalue weighted by Crippen LogP contribution is -2.13. The predicted molar refractivity (Wildman–Crippen MR) is 91.8 cm³/mol. The van der Waals surface area contributed by atoms with E-state index in [1.165, 1.54) is 16.9 Å². The fourth-order valence-electron chi connectivity index (χ4n) is 1.93. The van der Waals surface area contributed by atoms with Crippen molar-refractivity contribution in [3.8, 4) is 5.75 Å². The summed E-state index contributed by atoms with van der Waals surface area (Å²) in [7, 11) is 0. The van der Waals surface area contributed by atoms with Crippen molar-refractivity contribution < 1.29 is 9.53 Å². The van der Waals surface area contributed by atoms with E-state index in [9.17, 15) is 4.79 Å². The summed E-state index contributed by atoms with van der Waals surface area (Å²) in [5.74, 6) is 0.771. The van der Waals surface area contributed by atoms with Crippen LogP contribution in [0.1, 0.15) is 30.3 Å². The van der Waals surface area contributed by atoms with Gasteiger partial charge in [-0.25, -0.2) is 0 Å². The number of carbonyl (C=O) groups is 1. The lowest BCUT2D eigenvalue weighted by atomic mass is 10.2. The van der Waals surface area contributed by atoms with Gasteiger partial charge in [0.2, 0.25) is 11.0 Å². The van der Waals surface area contributed by atoms with Gasteiger partial charge in [0.25, 0.3) is 0 Å². The summed E-state index contributed by atoms with van der Waals surface area (Å²) in [6.45, 7) is 3.16. The number of aromatic nitrogens is 2. The van der Waals surface area contributed by atoms with Crippen molar-refractivity contribution in [1.82, 2.24) is 10.2 Å². The minimum atomic E-state index is -0.0783. The van der Waals surface area contributed by atoms with Crippen molar-refractivity contribution in [3.63, 3.8) is 0 Å². The van der Waals surface area contributed by atoms with Gasteiger partial charge < -0.3 is 15.8 Å². The molecule has 1 amide bonds. The van der Waals surface area contributed by atoms with E-state index in [0.29, 0.717) is 37.5 Å². The average Bonchev–Trinajstić information content (AvgIpc) is 3.01. The molecule has 1 heterocycles. The zero-order valence-electron chi connectivity index (χ0n) is 13.2. The van der Waals surface area contributed by atoms with E-state index in [2.05, 4.69) is 34.6 Å². The third kappa shape index (κ3) is 5.96. The summed E-state index contributed by atoms with van der Waals surface area (Å²) < 4.78 is 5.69. The van der Waals surface area contributed by atoms with E-state index in [-0.39, 0.29) is 5.91 Å². The van der Waals surface area contributed by atoms with E-state index < -0.39 is 0 Å². The highest BCUT2D eigenvalue weighted by molar-refractivity contribution is 7.15. The van der Waals surface area contributed by atoms with Crippen molar-refractivity contribution in [3.05, 3.63) is 34.8 Å². The Morgan fingerprint density at radius 1 is 1.30 bits per heavy atom. The van der Waals surface area contributed by atoms with Crippen molar-refractivity contribution in [2.75, 3.05) is 18.5 Å². The van der Waals surface area contributed by atoms with E-state index in [0.717, 1.165) is 17.2 Å². The second-order valence-electron chi connectivity index (χ2n) is 5.04. The van der Waals surface area contributed by atoms with Crippen LogP contribution in [0.3, 0.4) is 0 Å². The van der Waals surface area contributed by atoms with Crippen LogP contribution in [0.4, 0.5) is 5.13 Å². The maximum absolute atomic E-state index is 11.6. The van der Waals surface area contributed by atoms with Crippen LogP contribution in [0.15, 0.2) is 24.3 Å². The number of anilines is 1. The van der Waals surface area contributed by atoms with Crippen molar-refractivity contribution in [2.45, 2.75) is 32.6 Å². The summed E-state index contributed by atoms with van der Waals surface area (Å²) in [5, 5.41) is 12.1. The molecular weight excluding hydrogens is 312 g/mol. The van der Waals surface area contributed by atoms with Gasteiger partial charge in [0.1, 0.15) is 10.8 Å². The van der Waals surface area contributed by atoms with Gasteiger partial charge >= 0.3 is 0 Å². The molecule has 0 aliphatic carbocycles. The summed E-state index contributed by atoms with van der Waals surface area (Å²) >= 11 is 1.37. The van der Waals surface area contributed by atoms with Gasteiger partial charge in [0.15, 0.2) is 0 Å². The number of ether oxygens (including phenoxy) is 1. The fourth-order valence-corrected chi connectivity index (χ4v) is 2.66. The van der Waals surface area contributed by atoms with Crippen LogP contribution in [0.2, 0.25) is 0 Å². The van der Waals surface area contributed by atoms with Gasteiger partial charge in [-0.3, -0.25) is 4.79 Å². The molecule has 0 saturated carbocycles. The molecule has 7 heteroatoms. The Morgan fingerprint density at radius 3 is 2.78 bits per heavy atom.